The lowest BCUT2D eigenvalue weighted by Crippen LogP contribution is -2.23. The van der Waals surface area contributed by atoms with E-state index in [1.165, 1.54) is 50.3 Å². The number of hydrogen-bond donors (Lipinski definition) is 1. The van der Waals surface area contributed by atoms with E-state index in [0.717, 1.165) is 5.41 Å². The van der Waals surface area contributed by atoms with E-state index >= 15 is 0 Å². The molecule has 0 aromatic heterocycles. The molecule has 1 N–H and O–H groups in total. The Morgan fingerprint density at radius 2 is 2.09 bits per heavy atom. The first-order valence-corrected chi connectivity index (χ1v) is 5.85. The third-order valence-electron chi connectivity index (χ3n) is 3.10. The smallest absolute Gasteiger partial charge is 0.000859 e. The highest BCUT2D eigenvalue weighted by Crippen LogP contribution is 2.38. The molecule has 0 amide bonds. The SMILES string of the molecule is C1CSCCC2(C1)CCNC2. The molecule has 2 heteroatoms. The molecule has 2 saturated heterocycles. The Morgan fingerprint density at radius 1 is 1.09 bits per heavy atom. The molecule has 2 fully saturated rings. The van der Waals surface area contributed by atoms with Crippen molar-refractivity contribution in [3.05, 3.63) is 0 Å². The first-order chi connectivity index (χ1) is 5.41. The van der Waals surface area contributed by atoms with Gasteiger partial charge in [0.05, 0.1) is 0 Å². The molecule has 1 atom stereocenters. The zero-order valence-corrected chi connectivity index (χ0v) is 7.88. The van der Waals surface area contributed by atoms with Crippen LogP contribution < -0.4 is 5.32 Å². The Hall–Kier alpha value is 0.310. The van der Waals surface area contributed by atoms with Crippen LogP contribution in [0, 0.1) is 5.41 Å². The molecule has 11 heavy (non-hydrogen) atoms. The third kappa shape index (κ3) is 1.73. The van der Waals surface area contributed by atoms with Crippen LogP contribution in [0.1, 0.15) is 25.7 Å². The standard InChI is InChI=1S/C9H17NS/c1-2-9(3-5-10-8-9)4-7-11-6-1/h10H,1-8H2. The lowest BCUT2D eigenvalue weighted by molar-refractivity contribution is 0.288. The molecule has 0 aromatic carbocycles. The monoisotopic (exact) mass is 171 g/mol. The number of hydrogen-bond acceptors (Lipinski definition) is 2. The van der Waals surface area contributed by atoms with Gasteiger partial charge in [-0.1, -0.05) is 0 Å². The Labute approximate surface area is 73.3 Å². The summed E-state index contributed by atoms with van der Waals surface area (Å²) in [5, 5.41) is 3.50. The van der Waals surface area contributed by atoms with Crippen LogP contribution in [0.25, 0.3) is 0 Å². The van der Waals surface area contributed by atoms with Crippen LogP contribution in [-0.4, -0.2) is 24.6 Å². The lowest BCUT2D eigenvalue weighted by Gasteiger charge is -2.25. The van der Waals surface area contributed by atoms with Gasteiger partial charge in [0.1, 0.15) is 0 Å². The highest BCUT2D eigenvalue weighted by atomic mass is 32.2. The van der Waals surface area contributed by atoms with Crippen molar-refractivity contribution >= 4 is 11.8 Å². The van der Waals surface area contributed by atoms with Crippen molar-refractivity contribution in [2.24, 2.45) is 5.41 Å². The Balaban J connectivity index is 1.97. The van der Waals surface area contributed by atoms with Gasteiger partial charge in [-0.05, 0) is 49.1 Å². The van der Waals surface area contributed by atoms with E-state index in [9.17, 15) is 0 Å². The van der Waals surface area contributed by atoms with Gasteiger partial charge < -0.3 is 5.32 Å². The minimum atomic E-state index is 0.726. The van der Waals surface area contributed by atoms with Crippen LogP contribution in [0.3, 0.4) is 0 Å². The van der Waals surface area contributed by atoms with Gasteiger partial charge in [0, 0.05) is 6.54 Å². The average Bonchev–Trinajstić information content (AvgIpc) is 2.32. The van der Waals surface area contributed by atoms with Crippen LogP contribution in [0.4, 0.5) is 0 Å². The van der Waals surface area contributed by atoms with Crippen LogP contribution >= 0.6 is 11.8 Å². The van der Waals surface area contributed by atoms with E-state index in [4.69, 9.17) is 0 Å². The maximum absolute atomic E-state index is 3.50. The van der Waals surface area contributed by atoms with Gasteiger partial charge in [-0.2, -0.15) is 11.8 Å². The van der Waals surface area contributed by atoms with Crippen LogP contribution in [0.5, 0.6) is 0 Å². The van der Waals surface area contributed by atoms with E-state index in [1.807, 2.05) is 0 Å². The Morgan fingerprint density at radius 3 is 2.91 bits per heavy atom. The molecule has 0 bridgehead atoms. The Bertz CT molecular complexity index is 120. The van der Waals surface area contributed by atoms with E-state index in [0.29, 0.717) is 0 Å². The average molecular weight is 171 g/mol. The number of thioether (sulfide) groups is 1. The van der Waals surface area contributed by atoms with E-state index in [1.54, 1.807) is 0 Å². The molecular weight excluding hydrogens is 154 g/mol. The first-order valence-electron chi connectivity index (χ1n) is 4.70. The number of nitrogens with one attached hydrogen (secondary N) is 1. The summed E-state index contributed by atoms with van der Waals surface area (Å²) < 4.78 is 0. The normalized spacial score (nSPS) is 39.3. The van der Waals surface area contributed by atoms with Gasteiger partial charge in [-0.15, -0.1) is 0 Å². The van der Waals surface area contributed by atoms with Crippen LogP contribution in [0.15, 0.2) is 0 Å². The maximum Gasteiger partial charge on any atom is 0.000859 e. The fourth-order valence-corrected chi connectivity index (χ4v) is 3.42. The highest BCUT2D eigenvalue weighted by Gasteiger charge is 2.33. The molecule has 0 aliphatic carbocycles. The topological polar surface area (TPSA) is 12.0 Å². The van der Waals surface area contributed by atoms with E-state index in [-0.39, 0.29) is 0 Å². The molecule has 2 heterocycles. The zero-order valence-electron chi connectivity index (χ0n) is 7.07. The second-order valence-electron chi connectivity index (χ2n) is 3.89. The van der Waals surface area contributed by atoms with Gasteiger partial charge in [0.15, 0.2) is 0 Å². The lowest BCUT2D eigenvalue weighted by atomic mass is 9.80. The summed E-state index contributed by atoms with van der Waals surface area (Å²) in [6.45, 7) is 2.57. The summed E-state index contributed by atoms with van der Waals surface area (Å²) in [4.78, 5) is 0. The van der Waals surface area contributed by atoms with E-state index in [2.05, 4.69) is 17.1 Å². The molecule has 64 valence electrons. The van der Waals surface area contributed by atoms with Crippen LogP contribution in [0.2, 0.25) is 0 Å². The van der Waals surface area contributed by atoms with Crippen LogP contribution in [-0.2, 0) is 0 Å². The number of rotatable bonds is 0. The molecule has 0 radical (unpaired) electrons. The minimum Gasteiger partial charge on any atom is -0.316 e. The molecule has 2 aliphatic heterocycles. The Kier molecular flexibility index (Phi) is 2.42. The zero-order chi connectivity index (χ0) is 7.57. The highest BCUT2D eigenvalue weighted by molar-refractivity contribution is 7.99. The second kappa shape index (κ2) is 3.36. The van der Waals surface area contributed by atoms with E-state index < -0.39 is 0 Å². The largest absolute Gasteiger partial charge is 0.316 e. The fraction of sp³-hybridized carbons (Fsp3) is 1.00. The minimum absolute atomic E-state index is 0.726. The molecular formula is C9H17NS. The van der Waals surface area contributed by atoms with Crippen molar-refractivity contribution in [1.82, 2.24) is 5.32 Å². The van der Waals surface area contributed by atoms with Crippen molar-refractivity contribution in [3.8, 4) is 0 Å². The first kappa shape index (κ1) is 7.93. The summed E-state index contributed by atoms with van der Waals surface area (Å²) in [5.41, 5.74) is 0.726. The van der Waals surface area contributed by atoms with Crippen molar-refractivity contribution in [3.63, 3.8) is 0 Å². The fourth-order valence-electron chi connectivity index (χ4n) is 2.29. The van der Waals surface area contributed by atoms with Gasteiger partial charge in [-0.25, -0.2) is 0 Å². The molecule has 1 spiro atoms. The van der Waals surface area contributed by atoms with Crippen molar-refractivity contribution in [2.45, 2.75) is 25.7 Å². The summed E-state index contributed by atoms with van der Waals surface area (Å²) in [6, 6.07) is 0. The summed E-state index contributed by atoms with van der Waals surface area (Å²) in [6.07, 6.45) is 5.83. The summed E-state index contributed by atoms with van der Waals surface area (Å²) in [5.74, 6) is 2.81. The molecule has 0 aromatic rings. The van der Waals surface area contributed by atoms with Crippen molar-refractivity contribution < 1.29 is 0 Å². The van der Waals surface area contributed by atoms with Crippen molar-refractivity contribution in [2.75, 3.05) is 24.6 Å². The second-order valence-corrected chi connectivity index (χ2v) is 5.12. The van der Waals surface area contributed by atoms with Gasteiger partial charge in [0.2, 0.25) is 0 Å². The molecule has 2 rings (SSSR count). The molecule has 1 nitrogen and oxygen atoms in total. The predicted molar refractivity (Wildman–Crippen MR) is 51.1 cm³/mol. The van der Waals surface area contributed by atoms with Gasteiger partial charge in [-0.3, -0.25) is 0 Å². The third-order valence-corrected chi connectivity index (χ3v) is 4.17. The maximum atomic E-state index is 3.50. The summed E-state index contributed by atoms with van der Waals surface area (Å²) in [7, 11) is 0. The molecule has 2 aliphatic rings. The van der Waals surface area contributed by atoms with Gasteiger partial charge >= 0.3 is 0 Å². The molecule has 0 saturated carbocycles. The van der Waals surface area contributed by atoms with Gasteiger partial charge in [0.25, 0.3) is 0 Å². The molecule has 1 unspecified atom stereocenters. The van der Waals surface area contributed by atoms with Crippen molar-refractivity contribution in [1.29, 1.82) is 0 Å². The summed E-state index contributed by atoms with van der Waals surface area (Å²) >= 11 is 2.15. The predicted octanol–water partition coefficient (Wildman–Crippen LogP) is 1.88. The quantitative estimate of drug-likeness (QED) is 0.597.